The summed E-state index contributed by atoms with van der Waals surface area (Å²) in [5, 5.41) is 10.3. The van der Waals surface area contributed by atoms with Crippen LogP contribution in [-0.2, 0) is 19.6 Å². The van der Waals surface area contributed by atoms with Gasteiger partial charge in [-0.05, 0) is 56.4 Å². The van der Waals surface area contributed by atoms with Crippen molar-refractivity contribution >= 4 is 44.7 Å². The van der Waals surface area contributed by atoms with Gasteiger partial charge in [0.25, 0.3) is 0 Å². The lowest BCUT2D eigenvalue weighted by atomic mass is 9.83. The number of hydrogen-bond donors (Lipinski definition) is 1. The number of hydrogen-bond acceptors (Lipinski definition) is 8. The molecule has 2 unspecified atom stereocenters. The minimum atomic E-state index is -3.98. The van der Waals surface area contributed by atoms with Gasteiger partial charge in [0, 0.05) is 37.1 Å². The highest BCUT2D eigenvalue weighted by atomic mass is 32.2. The van der Waals surface area contributed by atoms with Gasteiger partial charge in [0.15, 0.2) is 0 Å². The minimum Gasteiger partial charge on any atom is -0.477 e. The Morgan fingerprint density at radius 1 is 1.07 bits per heavy atom. The quantitative estimate of drug-likeness (QED) is 0.360. The van der Waals surface area contributed by atoms with Crippen molar-refractivity contribution in [2.75, 3.05) is 42.6 Å². The summed E-state index contributed by atoms with van der Waals surface area (Å²) in [6.45, 7) is 6.00. The zero-order valence-corrected chi connectivity index (χ0v) is 27.4. The summed E-state index contributed by atoms with van der Waals surface area (Å²) in [5.74, 6) is -0.608. The predicted molar refractivity (Wildman–Crippen MR) is 175 cm³/mol. The van der Waals surface area contributed by atoms with E-state index in [0.717, 1.165) is 59.4 Å². The largest absolute Gasteiger partial charge is 0.477 e. The average Bonchev–Trinajstić information content (AvgIpc) is 3.40. The van der Waals surface area contributed by atoms with Crippen LogP contribution in [0.15, 0.2) is 53.6 Å². The SMILES string of the molecule is Cc1ccc(-c2cc(N3C(=O)CCN(S(=O)(=O)c4ccc(N5CCOCC5C)nc4)CC3C3CCCCC3)c(C(=O)O)s2)cc1. The van der Waals surface area contributed by atoms with Gasteiger partial charge in [0.1, 0.15) is 15.6 Å². The Balaban J connectivity index is 1.35. The fourth-order valence-corrected chi connectivity index (χ4v) is 9.20. The van der Waals surface area contributed by atoms with Crippen molar-refractivity contribution in [2.45, 2.75) is 69.4 Å². The molecule has 1 amide bonds. The number of benzene rings is 1. The third kappa shape index (κ3) is 6.51. The molecule has 0 spiro atoms. The van der Waals surface area contributed by atoms with Crippen LogP contribution in [-0.4, -0.2) is 79.6 Å². The van der Waals surface area contributed by atoms with Gasteiger partial charge in [-0.1, -0.05) is 49.1 Å². The number of nitrogens with zero attached hydrogens (tertiary/aromatic N) is 4. The van der Waals surface area contributed by atoms with Crippen LogP contribution in [0.4, 0.5) is 11.5 Å². The summed E-state index contributed by atoms with van der Waals surface area (Å²) < 4.78 is 35.1. The van der Waals surface area contributed by atoms with Crippen molar-refractivity contribution < 1.29 is 27.9 Å². The number of carbonyl (C=O) groups is 2. The van der Waals surface area contributed by atoms with Gasteiger partial charge >= 0.3 is 5.97 Å². The summed E-state index contributed by atoms with van der Waals surface area (Å²) >= 11 is 1.15. The molecule has 3 fully saturated rings. The van der Waals surface area contributed by atoms with Crippen LogP contribution < -0.4 is 9.80 Å². The van der Waals surface area contributed by atoms with Crippen LogP contribution in [0.2, 0.25) is 0 Å². The maximum absolute atomic E-state index is 14.1. The van der Waals surface area contributed by atoms with Gasteiger partial charge in [-0.15, -0.1) is 11.3 Å². The smallest absolute Gasteiger partial charge is 0.348 e. The second-order valence-corrected chi connectivity index (χ2v) is 15.3. The number of pyridine rings is 1. The topological polar surface area (TPSA) is 120 Å². The van der Waals surface area contributed by atoms with Crippen LogP contribution >= 0.6 is 11.3 Å². The zero-order chi connectivity index (χ0) is 31.7. The van der Waals surface area contributed by atoms with E-state index in [9.17, 15) is 23.1 Å². The second kappa shape index (κ2) is 13.2. The number of carboxylic acids is 1. The summed E-state index contributed by atoms with van der Waals surface area (Å²) in [6.07, 6.45) is 6.14. The molecule has 3 aliphatic rings. The number of anilines is 2. The van der Waals surface area contributed by atoms with Crippen LogP contribution in [0.3, 0.4) is 0 Å². The van der Waals surface area contributed by atoms with Gasteiger partial charge in [0.2, 0.25) is 15.9 Å². The molecule has 1 aromatic carbocycles. The van der Waals surface area contributed by atoms with E-state index in [0.29, 0.717) is 31.3 Å². The van der Waals surface area contributed by atoms with E-state index in [2.05, 4.69) is 9.88 Å². The normalized spacial score (nSPS) is 22.4. The number of aromatic carboxylic acids is 1. The maximum Gasteiger partial charge on any atom is 0.348 e. The third-order valence-electron chi connectivity index (χ3n) is 9.28. The highest BCUT2D eigenvalue weighted by molar-refractivity contribution is 7.89. The first-order valence-corrected chi connectivity index (χ1v) is 18.0. The van der Waals surface area contributed by atoms with E-state index in [-0.39, 0.29) is 47.1 Å². The Bertz CT molecular complexity index is 1630. The highest BCUT2D eigenvalue weighted by Gasteiger charge is 2.42. The molecule has 0 bridgehead atoms. The van der Waals surface area contributed by atoms with E-state index in [1.807, 2.05) is 38.1 Å². The van der Waals surface area contributed by atoms with Crippen molar-refractivity contribution in [3.63, 3.8) is 0 Å². The Morgan fingerprint density at radius 2 is 1.82 bits per heavy atom. The molecule has 1 saturated carbocycles. The van der Waals surface area contributed by atoms with Crippen LogP contribution in [0, 0.1) is 12.8 Å². The van der Waals surface area contributed by atoms with Crippen molar-refractivity contribution in [3.05, 3.63) is 59.1 Å². The molecule has 6 rings (SSSR count). The molecule has 1 N–H and O–H groups in total. The maximum atomic E-state index is 14.1. The Morgan fingerprint density at radius 3 is 2.49 bits per heavy atom. The fourth-order valence-electron chi connectivity index (χ4n) is 6.80. The van der Waals surface area contributed by atoms with Crippen molar-refractivity contribution in [1.29, 1.82) is 0 Å². The summed E-state index contributed by atoms with van der Waals surface area (Å²) in [7, 11) is -3.98. The van der Waals surface area contributed by atoms with Gasteiger partial charge in [0.05, 0.1) is 31.0 Å². The third-order valence-corrected chi connectivity index (χ3v) is 12.3. The molecular formula is C33H40N4O6S2. The molecule has 45 heavy (non-hydrogen) atoms. The Kier molecular flexibility index (Phi) is 9.28. The van der Waals surface area contributed by atoms with Gasteiger partial charge in [-0.3, -0.25) is 4.79 Å². The first kappa shape index (κ1) is 31.7. The van der Waals surface area contributed by atoms with Gasteiger partial charge in [-0.25, -0.2) is 18.2 Å². The number of thiophene rings is 1. The summed E-state index contributed by atoms with van der Waals surface area (Å²) in [5.41, 5.74) is 2.33. The number of sulfonamides is 1. The van der Waals surface area contributed by atoms with E-state index in [1.165, 1.54) is 10.5 Å². The molecule has 12 heteroatoms. The molecule has 2 aliphatic heterocycles. The molecule has 2 saturated heterocycles. The number of ether oxygens (including phenoxy) is 1. The number of carbonyl (C=O) groups excluding carboxylic acids is 1. The minimum absolute atomic E-state index is 0.0144. The number of aromatic nitrogens is 1. The van der Waals surface area contributed by atoms with Crippen molar-refractivity contribution in [3.8, 4) is 10.4 Å². The number of rotatable bonds is 7. The molecule has 2 aromatic heterocycles. The van der Waals surface area contributed by atoms with E-state index < -0.39 is 22.0 Å². The fraction of sp³-hybridized carbons (Fsp3) is 0.485. The molecule has 1 aliphatic carbocycles. The number of aryl methyl sites for hydroxylation is 1. The number of morpholine rings is 1. The summed E-state index contributed by atoms with van der Waals surface area (Å²) in [4.78, 5) is 35.7. The Hall–Kier alpha value is -3.32. The van der Waals surface area contributed by atoms with E-state index in [4.69, 9.17) is 4.74 Å². The molecule has 10 nitrogen and oxygen atoms in total. The number of carboxylic acid groups (broad SMARTS) is 1. The highest BCUT2D eigenvalue weighted by Crippen LogP contribution is 2.42. The van der Waals surface area contributed by atoms with Gasteiger partial charge < -0.3 is 19.6 Å². The predicted octanol–water partition coefficient (Wildman–Crippen LogP) is 5.42. The molecule has 3 aromatic rings. The first-order valence-electron chi connectivity index (χ1n) is 15.7. The lowest BCUT2D eigenvalue weighted by Gasteiger charge is -2.38. The average molecular weight is 653 g/mol. The van der Waals surface area contributed by atoms with Crippen LogP contribution in [0.25, 0.3) is 10.4 Å². The standard InChI is InChI=1S/C33H40N4O6S2/c1-22-8-10-25(11-9-22)29-18-27(32(44-29)33(39)40)37-28(24-6-4-3-5-7-24)20-35(15-14-31(37)38)45(41,42)26-12-13-30(34-19-26)36-16-17-43-21-23(36)2/h8-13,18-19,23-24,28H,3-7,14-17,20-21H2,1-2H3,(H,39,40). The lowest BCUT2D eigenvalue weighted by molar-refractivity contribution is -0.118. The van der Waals surface area contributed by atoms with E-state index >= 15 is 0 Å². The lowest BCUT2D eigenvalue weighted by Crippen LogP contribution is -2.49. The zero-order valence-electron chi connectivity index (χ0n) is 25.7. The molecule has 2 atom stereocenters. The molecule has 4 heterocycles. The first-order chi connectivity index (χ1) is 21.6. The van der Waals surface area contributed by atoms with Gasteiger partial charge in [-0.2, -0.15) is 4.31 Å². The Labute approximate surface area is 268 Å². The van der Waals surface area contributed by atoms with E-state index in [1.54, 1.807) is 23.1 Å². The molecular weight excluding hydrogens is 613 g/mol. The summed E-state index contributed by atoms with van der Waals surface area (Å²) in [6, 6.07) is 12.6. The monoisotopic (exact) mass is 652 g/mol. The second-order valence-electron chi connectivity index (χ2n) is 12.3. The number of amides is 1. The molecule has 0 radical (unpaired) electrons. The van der Waals surface area contributed by atoms with Crippen LogP contribution in [0.1, 0.15) is 60.7 Å². The molecule has 240 valence electrons. The van der Waals surface area contributed by atoms with Crippen molar-refractivity contribution in [2.24, 2.45) is 5.92 Å². The van der Waals surface area contributed by atoms with Crippen LogP contribution in [0.5, 0.6) is 0 Å². The van der Waals surface area contributed by atoms with Crippen molar-refractivity contribution in [1.82, 2.24) is 9.29 Å².